The summed E-state index contributed by atoms with van der Waals surface area (Å²) in [5.41, 5.74) is 2.11. The van der Waals surface area contributed by atoms with Gasteiger partial charge in [-0.05, 0) is 43.6 Å². The second-order valence-corrected chi connectivity index (χ2v) is 8.63. The van der Waals surface area contributed by atoms with Crippen LogP contribution in [0.15, 0.2) is 16.9 Å². The molecule has 0 saturated heterocycles. The lowest BCUT2D eigenvalue weighted by molar-refractivity contribution is 0.0278. The number of likely N-dealkylation sites (N-methyl/N-ethyl adjacent to an activating group) is 1. The molecule has 0 bridgehead atoms. The number of halogens is 1. The van der Waals surface area contributed by atoms with Crippen LogP contribution in [0, 0.1) is 6.92 Å². The number of amides is 1. The number of nitrogens with one attached hydrogen (secondary N) is 1. The van der Waals surface area contributed by atoms with Gasteiger partial charge in [0.2, 0.25) is 5.88 Å². The number of aromatic nitrogens is 5. The van der Waals surface area contributed by atoms with Gasteiger partial charge in [-0.2, -0.15) is 5.10 Å². The van der Waals surface area contributed by atoms with Crippen LogP contribution in [0.2, 0.25) is 0 Å². The van der Waals surface area contributed by atoms with Crippen molar-refractivity contribution in [3.63, 3.8) is 0 Å². The smallest absolute Gasteiger partial charge is 0.410 e. The fraction of sp³-hybridized carbons (Fsp3) is 0.450. The van der Waals surface area contributed by atoms with E-state index in [1.165, 1.54) is 12.0 Å². The van der Waals surface area contributed by atoms with E-state index in [2.05, 4.69) is 41.1 Å². The number of fused-ring (bicyclic) bond motifs is 1. The Labute approximate surface area is 188 Å². The molecule has 3 aromatic rings. The van der Waals surface area contributed by atoms with Gasteiger partial charge >= 0.3 is 6.09 Å². The average Bonchev–Trinajstić information content (AvgIpc) is 3.08. The average molecular weight is 493 g/mol. The van der Waals surface area contributed by atoms with Crippen molar-refractivity contribution in [1.29, 1.82) is 0 Å². The number of nitrogens with zero attached hydrogens (tertiary/aromatic N) is 5. The second-order valence-electron chi connectivity index (χ2n) is 7.84. The number of H-pyrrole nitrogens is 1. The highest BCUT2D eigenvalue weighted by molar-refractivity contribution is 9.10. The first-order valence-electron chi connectivity index (χ1n) is 9.58. The number of aryl methyl sites for hydroxylation is 1. The Morgan fingerprint density at radius 3 is 2.68 bits per heavy atom. The first-order chi connectivity index (χ1) is 14.6. The summed E-state index contributed by atoms with van der Waals surface area (Å²) < 4.78 is 17.2. The number of ether oxygens (including phenoxy) is 3. The zero-order valence-corrected chi connectivity index (χ0v) is 19.9. The van der Waals surface area contributed by atoms with Gasteiger partial charge < -0.3 is 19.1 Å². The predicted octanol–water partition coefficient (Wildman–Crippen LogP) is 3.74. The summed E-state index contributed by atoms with van der Waals surface area (Å²) in [4.78, 5) is 27.0. The monoisotopic (exact) mass is 492 g/mol. The summed E-state index contributed by atoms with van der Waals surface area (Å²) in [6.45, 7) is 7.88. The molecule has 0 saturated carbocycles. The van der Waals surface area contributed by atoms with E-state index in [-0.39, 0.29) is 6.61 Å². The van der Waals surface area contributed by atoms with Crippen LogP contribution in [-0.2, 0) is 4.74 Å². The minimum absolute atomic E-state index is 0.230. The summed E-state index contributed by atoms with van der Waals surface area (Å²) in [6, 6.07) is 1.71. The Kier molecular flexibility index (Phi) is 6.63. The maximum absolute atomic E-state index is 12.1. The van der Waals surface area contributed by atoms with E-state index < -0.39 is 11.7 Å². The normalized spacial score (nSPS) is 11.5. The molecule has 0 spiro atoms. The first-order valence-corrected chi connectivity index (χ1v) is 10.4. The van der Waals surface area contributed by atoms with Crippen molar-refractivity contribution in [3.8, 4) is 23.0 Å². The van der Waals surface area contributed by atoms with Crippen molar-refractivity contribution in [3.05, 3.63) is 22.6 Å². The molecule has 0 atom stereocenters. The van der Waals surface area contributed by atoms with E-state index in [1.54, 1.807) is 19.3 Å². The zero-order chi connectivity index (χ0) is 22.8. The largest absolute Gasteiger partial charge is 0.489 e. The van der Waals surface area contributed by atoms with Gasteiger partial charge in [-0.15, -0.1) is 0 Å². The summed E-state index contributed by atoms with van der Waals surface area (Å²) in [6.07, 6.45) is 1.13. The molecule has 166 valence electrons. The summed E-state index contributed by atoms with van der Waals surface area (Å²) in [5.74, 6) is 1.32. The topological polar surface area (TPSA) is 115 Å². The molecular weight excluding hydrogens is 468 g/mol. The lowest BCUT2D eigenvalue weighted by Gasteiger charge is -2.24. The molecule has 0 radical (unpaired) electrons. The number of rotatable bonds is 6. The molecule has 1 amide bonds. The molecule has 3 heterocycles. The van der Waals surface area contributed by atoms with Gasteiger partial charge in [0.1, 0.15) is 33.6 Å². The number of hydrogen-bond acceptors (Lipinski definition) is 8. The Bertz CT molecular complexity index is 1100. The van der Waals surface area contributed by atoms with Gasteiger partial charge in [0, 0.05) is 13.1 Å². The first kappa shape index (κ1) is 22.7. The molecule has 10 nitrogen and oxygen atoms in total. The van der Waals surface area contributed by atoms with Crippen molar-refractivity contribution in [2.24, 2.45) is 0 Å². The Morgan fingerprint density at radius 1 is 1.26 bits per heavy atom. The van der Waals surface area contributed by atoms with E-state index >= 15 is 0 Å². The van der Waals surface area contributed by atoms with Crippen LogP contribution in [0.4, 0.5) is 4.79 Å². The third-order valence-electron chi connectivity index (χ3n) is 4.21. The van der Waals surface area contributed by atoms with Crippen LogP contribution >= 0.6 is 15.9 Å². The van der Waals surface area contributed by atoms with Gasteiger partial charge in [-0.3, -0.25) is 5.10 Å². The van der Waals surface area contributed by atoms with E-state index in [9.17, 15) is 4.79 Å². The molecule has 31 heavy (non-hydrogen) atoms. The number of pyridine rings is 1. The van der Waals surface area contributed by atoms with E-state index in [0.717, 1.165) is 0 Å². The summed E-state index contributed by atoms with van der Waals surface area (Å²) >= 11 is 3.42. The van der Waals surface area contributed by atoms with Gasteiger partial charge in [0.15, 0.2) is 5.82 Å². The standard InChI is InChI=1S/C20H25BrN6O4/c1-11-15-16(17(21)26-25-15)24-18(23-11)12-9-14(29-6)22-10-13(12)30-8-7-27(5)19(28)31-20(2,3)4/h9-10H,7-8H2,1-6H3,(H,25,26). The number of hydrogen-bond donors (Lipinski definition) is 1. The molecular formula is C20H25BrN6O4. The molecule has 0 unspecified atom stereocenters. The van der Waals surface area contributed by atoms with Crippen LogP contribution in [0.25, 0.3) is 22.4 Å². The van der Waals surface area contributed by atoms with Crippen LogP contribution in [0.5, 0.6) is 11.6 Å². The van der Waals surface area contributed by atoms with Crippen molar-refractivity contribution >= 4 is 33.1 Å². The van der Waals surface area contributed by atoms with Crippen LogP contribution < -0.4 is 9.47 Å². The predicted molar refractivity (Wildman–Crippen MR) is 118 cm³/mol. The summed E-state index contributed by atoms with van der Waals surface area (Å²) in [5, 5.41) is 7.06. The molecule has 0 aromatic carbocycles. The fourth-order valence-corrected chi connectivity index (χ4v) is 3.05. The highest BCUT2D eigenvalue weighted by atomic mass is 79.9. The number of aromatic amines is 1. The maximum Gasteiger partial charge on any atom is 0.410 e. The third-order valence-corrected chi connectivity index (χ3v) is 4.77. The van der Waals surface area contributed by atoms with E-state index in [4.69, 9.17) is 14.2 Å². The lowest BCUT2D eigenvalue weighted by atomic mass is 10.2. The highest BCUT2D eigenvalue weighted by Crippen LogP contribution is 2.32. The third kappa shape index (κ3) is 5.40. The maximum atomic E-state index is 12.1. The van der Waals surface area contributed by atoms with Crippen molar-refractivity contribution in [2.45, 2.75) is 33.3 Å². The van der Waals surface area contributed by atoms with Crippen molar-refractivity contribution < 1.29 is 19.0 Å². The molecule has 3 aromatic heterocycles. The van der Waals surface area contributed by atoms with Gasteiger partial charge in [-0.25, -0.2) is 19.7 Å². The Balaban J connectivity index is 1.83. The molecule has 0 aliphatic carbocycles. The molecule has 3 rings (SSSR count). The van der Waals surface area contributed by atoms with Gasteiger partial charge in [0.25, 0.3) is 0 Å². The van der Waals surface area contributed by atoms with E-state index in [0.29, 0.717) is 50.9 Å². The quantitative estimate of drug-likeness (QED) is 0.552. The van der Waals surface area contributed by atoms with Crippen LogP contribution in [0.3, 0.4) is 0 Å². The molecule has 0 fully saturated rings. The Morgan fingerprint density at radius 2 is 2.00 bits per heavy atom. The van der Waals surface area contributed by atoms with Crippen LogP contribution in [0.1, 0.15) is 26.5 Å². The second kappa shape index (κ2) is 9.04. The van der Waals surface area contributed by atoms with Crippen molar-refractivity contribution in [2.75, 3.05) is 27.3 Å². The van der Waals surface area contributed by atoms with Gasteiger partial charge in [0.05, 0.1) is 31.1 Å². The fourth-order valence-electron chi connectivity index (χ4n) is 2.68. The zero-order valence-electron chi connectivity index (χ0n) is 18.3. The van der Waals surface area contributed by atoms with Crippen LogP contribution in [-0.4, -0.2) is 69.1 Å². The van der Waals surface area contributed by atoms with E-state index in [1.807, 2.05) is 27.7 Å². The molecule has 11 heteroatoms. The summed E-state index contributed by atoms with van der Waals surface area (Å²) in [7, 11) is 3.19. The number of methoxy groups -OCH3 is 1. The lowest BCUT2D eigenvalue weighted by Crippen LogP contribution is -2.36. The minimum atomic E-state index is -0.561. The Hall–Kier alpha value is -2.95. The van der Waals surface area contributed by atoms with Crippen molar-refractivity contribution in [1.82, 2.24) is 30.0 Å². The number of carbonyl (C=O) groups is 1. The molecule has 0 aliphatic rings. The molecule has 0 aliphatic heterocycles. The minimum Gasteiger partial charge on any atom is -0.489 e. The molecule has 1 N–H and O–H groups in total. The van der Waals surface area contributed by atoms with Gasteiger partial charge in [-0.1, -0.05) is 0 Å². The number of carbonyl (C=O) groups excluding carboxylic acids is 1. The highest BCUT2D eigenvalue weighted by Gasteiger charge is 2.20. The SMILES string of the molecule is COc1cc(-c2nc(C)c3n[nH]c(Br)c3n2)c(OCCN(C)C(=O)OC(C)(C)C)cn1.